The van der Waals surface area contributed by atoms with Gasteiger partial charge in [-0.2, -0.15) is 0 Å². The highest BCUT2D eigenvalue weighted by molar-refractivity contribution is 5.95. The van der Waals surface area contributed by atoms with Crippen LogP contribution in [0.1, 0.15) is 33.0 Å². The molecule has 132 valence electrons. The highest BCUT2D eigenvalue weighted by Crippen LogP contribution is 2.21. The smallest absolute Gasteiger partial charge is 0.291 e. The van der Waals surface area contributed by atoms with Gasteiger partial charge in [0.25, 0.3) is 11.8 Å². The molecule has 3 rings (SSSR count). The summed E-state index contributed by atoms with van der Waals surface area (Å²) in [6.07, 6.45) is 1.85. The fraction of sp³-hybridized carbons (Fsp3) is 0.389. The van der Waals surface area contributed by atoms with E-state index in [-0.39, 0.29) is 36.1 Å². The molecule has 0 spiro atoms. The molecule has 0 unspecified atom stereocenters. The normalized spacial score (nSPS) is 20.3. The third kappa shape index (κ3) is 3.71. The van der Waals surface area contributed by atoms with Crippen LogP contribution in [0.5, 0.6) is 0 Å². The standard InChI is InChI=1S/C18H21N3O4/c1-12-16(25-11-19-12)18(24)21-8-7-14(10-22)15(9-21)20-17(23)13-5-3-2-4-6-13/h2-6,11,14-15,22H,7-10H2,1H3,(H,20,23)/t14-,15-/m1/s1. The zero-order chi connectivity index (χ0) is 17.8. The van der Waals surface area contributed by atoms with Gasteiger partial charge in [0.1, 0.15) is 0 Å². The van der Waals surface area contributed by atoms with Crippen LogP contribution in [0.15, 0.2) is 41.1 Å². The molecule has 2 atom stereocenters. The number of amides is 2. The molecule has 1 fully saturated rings. The first-order valence-corrected chi connectivity index (χ1v) is 8.26. The van der Waals surface area contributed by atoms with Crippen molar-refractivity contribution in [2.45, 2.75) is 19.4 Å². The summed E-state index contributed by atoms with van der Waals surface area (Å²) >= 11 is 0. The van der Waals surface area contributed by atoms with Crippen molar-refractivity contribution in [1.82, 2.24) is 15.2 Å². The van der Waals surface area contributed by atoms with Crippen molar-refractivity contribution >= 4 is 11.8 Å². The second kappa shape index (κ2) is 7.48. The molecule has 2 aromatic rings. The molecule has 0 radical (unpaired) electrons. The Morgan fingerprint density at radius 1 is 1.36 bits per heavy atom. The largest absolute Gasteiger partial charge is 0.438 e. The zero-order valence-corrected chi connectivity index (χ0v) is 14.0. The average Bonchev–Trinajstić information content (AvgIpc) is 3.07. The number of likely N-dealkylation sites (tertiary alicyclic amines) is 1. The van der Waals surface area contributed by atoms with Gasteiger partial charge in [-0.15, -0.1) is 0 Å². The summed E-state index contributed by atoms with van der Waals surface area (Å²) in [5, 5.41) is 12.6. The maximum absolute atomic E-state index is 12.6. The minimum Gasteiger partial charge on any atom is -0.438 e. The number of rotatable bonds is 4. The van der Waals surface area contributed by atoms with E-state index in [9.17, 15) is 14.7 Å². The Kier molecular flexibility index (Phi) is 5.14. The third-order valence-electron chi connectivity index (χ3n) is 4.57. The van der Waals surface area contributed by atoms with E-state index in [2.05, 4.69) is 10.3 Å². The topological polar surface area (TPSA) is 95.7 Å². The Morgan fingerprint density at radius 2 is 2.12 bits per heavy atom. The predicted octanol–water partition coefficient (Wildman–Crippen LogP) is 1.24. The number of nitrogens with zero attached hydrogens (tertiary/aromatic N) is 2. The number of carbonyl (C=O) groups excluding carboxylic acids is 2. The molecule has 2 heterocycles. The van der Waals surface area contributed by atoms with Gasteiger partial charge >= 0.3 is 0 Å². The summed E-state index contributed by atoms with van der Waals surface area (Å²) in [5.74, 6) is -0.331. The number of piperidine rings is 1. The van der Waals surface area contributed by atoms with Crippen molar-refractivity contribution in [2.24, 2.45) is 5.92 Å². The van der Waals surface area contributed by atoms with E-state index in [0.717, 1.165) is 0 Å². The predicted molar refractivity (Wildman–Crippen MR) is 90.0 cm³/mol. The quantitative estimate of drug-likeness (QED) is 0.871. The van der Waals surface area contributed by atoms with Crippen molar-refractivity contribution in [3.63, 3.8) is 0 Å². The molecule has 2 N–H and O–H groups in total. The Bertz CT molecular complexity index is 744. The number of aliphatic hydroxyl groups excluding tert-OH is 1. The SMILES string of the molecule is Cc1ncoc1C(=O)N1CC[C@H](CO)[C@H](NC(=O)c2ccccc2)C1. The highest BCUT2D eigenvalue weighted by Gasteiger charge is 2.34. The summed E-state index contributed by atoms with van der Waals surface area (Å²) in [5.41, 5.74) is 1.09. The van der Waals surface area contributed by atoms with Gasteiger partial charge in [-0.3, -0.25) is 9.59 Å². The van der Waals surface area contributed by atoms with Gasteiger partial charge in [-0.1, -0.05) is 18.2 Å². The van der Waals surface area contributed by atoms with Gasteiger partial charge in [-0.25, -0.2) is 4.98 Å². The van der Waals surface area contributed by atoms with Gasteiger partial charge in [0.2, 0.25) is 5.76 Å². The van der Waals surface area contributed by atoms with Crippen LogP contribution in [0.4, 0.5) is 0 Å². The lowest BCUT2D eigenvalue weighted by atomic mass is 9.91. The van der Waals surface area contributed by atoms with E-state index in [1.807, 2.05) is 6.07 Å². The number of aromatic nitrogens is 1. The first-order valence-electron chi connectivity index (χ1n) is 8.26. The Balaban J connectivity index is 1.71. The van der Waals surface area contributed by atoms with Crippen LogP contribution in [-0.4, -0.2) is 52.5 Å². The van der Waals surface area contributed by atoms with E-state index in [0.29, 0.717) is 30.8 Å². The summed E-state index contributed by atoms with van der Waals surface area (Å²) in [6.45, 7) is 2.50. The molecule has 0 saturated carbocycles. The number of nitrogens with one attached hydrogen (secondary N) is 1. The van der Waals surface area contributed by atoms with Gasteiger partial charge < -0.3 is 19.7 Å². The van der Waals surface area contributed by atoms with Crippen LogP contribution in [0.25, 0.3) is 0 Å². The molecular weight excluding hydrogens is 322 g/mol. The van der Waals surface area contributed by atoms with Crippen molar-refractivity contribution in [3.8, 4) is 0 Å². The van der Waals surface area contributed by atoms with Gasteiger partial charge in [0, 0.05) is 31.2 Å². The molecule has 25 heavy (non-hydrogen) atoms. The second-order valence-electron chi connectivity index (χ2n) is 6.20. The van der Waals surface area contributed by atoms with Crippen molar-refractivity contribution in [2.75, 3.05) is 19.7 Å². The summed E-state index contributed by atoms with van der Waals surface area (Å²) < 4.78 is 5.18. The summed E-state index contributed by atoms with van der Waals surface area (Å²) in [6, 6.07) is 8.57. The molecule has 1 aliphatic heterocycles. The molecule has 7 nitrogen and oxygen atoms in total. The monoisotopic (exact) mass is 343 g/mol. The van der Waals surface area contributed by atoms with Crippen LogP contribution in [0, 0.1) is 12.8 Å². The maximum atomic E-state index is 12.6. The minimum absolute atomic E-state index is 0.0386. The van der Waals surface area contributed by atoms with Crippen LogP contribution in [-0.2, 0) is 0 Å². The van der Waals surface area contributed by atoms with E-state index in [4.69, 9.17) is 4.42 Å². The summed E-state index contributed by atoms with van der Waals surface area (Å²) in [4.78, 5) is 30.6. The molecule has 1 aliphatic rings. The number of benzene rings is 1. The molecule has 0 aliphatic carbocycles. The molecule has 0 bridgehead atoms. The molecule has 1 aromatic heterocycles. The van der Waals surface area contributed by atoms with Gasteiger partial charge in [-0.05, 0) is 25.5 Å². The number of hydrogen-bond acceptors (Lipinski definition) is 5. The number of oxazole rings is 1. The third-order valence-corrected chi connectivity index (χ3v) is 4.57. The van der Waals surface area contributed by atoms with Crippen LogP contribution >= 0.6 is 0 Å². The molecule has 1 saturated heterocycles. The Morgan fingerprint density at radius 3 is 2.76 bits per heavy atom. The first kappa shape index (κ1) is 17.2. The fourth-order valence-electron chi connectivity index (χ4n) is 3.06. The molecule has 2 amide bonds. The number of aliphatic hydroxyl groups is 1. The minimum atomic E-state index is -0.321. The summed E-state index contributed by atoms with van der Waals surface area (Å²) in [7, 11) is 0. The maximum Gasteiger partial charge on any atom is 0.291 e. The molecule has 7 heteroatoms. The van der Waals surface area contributed by atoms with Crippen LogP contribution in [0.2, 0.25) is 0 Å². The Labute approximate surface area is 145 Å². The lowest BCUT2D eigenvalue weighted by Crippen LogP contribution is -2.55. The van der Waals surface area contributed by atoms with Gasteiger partial charge in [0.05, 0.1) is 11.7 Å². The molecular formula is C18H21N3O4. The van der Waals surface area contributed by atoms with E-state index < -0.39 is 0 Å². The Hall–Kier alpha value is -2.67. The number of carbonyl (C=O) groups is 2. The number of aryl methyl sites for hydroxylation is 1. The van der Waals surface area contributed by atoms with Crippen molar-refractivity contribution in [1.29, 1.82) is 0 Å². The van der Waals surface area contributed by atoms with Crippen molar-refractivity contribution < 1.29 is 19.1 Å². The van der Waals surface area contributed by atoms with E-state index in [1.165, 1.54) is 6.39 Å². The number of hydrogen-bond donors (Lipinski definition) is 2. The lowest BCUT2D eigenvalue weighted by Gasteiger charge is -2.37. The zero-order valence-electron chi connectivity index (χ0n) is 14.0. The van der Waals surface area contributed by atoms with Crippen LogP contribution in [0.3, 0.4) is 0 Å². The van der Waals surface area contributed by atoms with Crippen LogP contribution < -0.4 is 5.32 Å². The second-order valence-corrected chi connectivity index (χ2v) is 6.20. The van der Waals surface area contributed by atoms with Crippen molar-refractivity contribution in [3.05, 3.63) is 53.7 Å². The van der Waals surface area contributed by atoms with Gasteiger partial charge in [0.15, 0.2) is 6.39 Å². The first-order chi connectivity index (χ1) is 12.1. The fourth-order valence-corrected chi connectivity index (χ4v) is 3.06. The van der Waals surface area contributed by atoms with E-state index >= 15 is 0 Å². The molecule has 1 aromatic carbocycles. The van der Waals surface area contributed by atoms with E-state index in [1.54, 1.807) is 36.1 Å². The average molecular weight is 343 g/mol. The lowest BCUT2D eigenvalue weighted by molar-refractivity contribution is 0.0516. The highest BCUT2D eigenvalue weighted by atomic mass is 16.3.